The summed E-state index contributed by atoms with van der Waals surface area (Å²) in [6, 6.07) is 8.63. The van der Waals surface area contributed by atoms with Crippen molar-refractivity contribution in [3.8, 4) is 0 Å². The van der Waals surface area contributed by atoms with Crippen molar-refractivity contribution >= 4 is 17.7 Å². The number of hydrogen-bond donors (Lipinski definition) is 0. The molecule has 1 aromatic rings. The molecule has 1 fully saturated rings. The lowest BCUT2D eigenvalue weighted by molar-refractivity contribution is -0.130. The Morgan fingerprint density at radius 2 is 1.68 bits per heavy atom. The lowest BCUT2D eigenvalue weighted by atomic mass is 9.87. The van der Waals surface area contributed by atoms with Crippen LogP contribution in [-0.4, -0.2) is 29.6 Å². The quantitative estimate of drug-likeness (QED) is 0.760. The van der Waals surface area contributed by atoms with E-state index in [-0.39, 0.29) is 11.3 Å². The molecule has 1 saturated heterocycles. The van der Waals surface area contributed by atoms with E-state index in [1.807, 2.05) is 0 Å². The number of nitrogens with zero attached hydrogens (tertiary/aromatic N) is 1. The molecule has 122 valence electrons. The molecule has 0 bridgehead atoms. The van der Waals surface area contributed by atoms with E-state index in [4.69, 9.17) is 0 Å². The average molecular weight is 320 g/mol. The third-order valence-corrected chi connectivity index (χ3v) is 5.30. The summed E-state index contributed by atoms with van der Waals surface area (Å²) in [7, 11) is 0. The van der Waals surface area contributed by atoms with Gasteiger partial charge in [-0.15, -0.1) is 11.8 Å². The van der Waals surface area contributed by atoms with Crippen LogP contribution in [0.25, 0.3) is 0 Å². The Hall–Kier alpha value is -0.960. The topological polar surface area (TPSA) is 20.3 Å². The summed E-state index contributed by atoms with van der Waals surface area (Å²) in [5.74, 6) is 2.09. The molecule has 1 aliphatic rings. The predicted molar refractivity (Wildman–Crippen MR) is 95.4 cm³/mol. The molecule has 1 aromatic carbocycles. The van der Waals surface area contributed by atoms with Gasteiger partial charge in [-0.25, -0.2) is 0 Å². The van der Waals surface area contributed by atoms with Crippen LogP contribution in [0.4, 0.5) is 0 Å². The molecule has 0 N–H and O–H groups in total. The van der Waals surface area contributed by atoms with Crippen molar-refractivity contribution in [2.24, 2.45) is 11.8 Å². The largest absolute Gasteiger partial charge is 0.341 e. The summed E-state index contributed by atoms with van der Waals surface area (Å²) in [6.45, 7) is 13.0. The van der Waals surface area contributed by atoms with Crippen LogP contribution in [0.2, 0.25) is 0 Å². The zero-order valence-electron chi connectivity index (χ0n) is 14.6. The van der Waals surface area contributed by atoms with Crippen molar-refractivity contribution in [2.75, 3.05) is 18.8 Å². The molecule has 1 amide bonds. The van der Waals surface area contributed by atoms with E-state index in [2.05, 4.69) is 63.8 Å². The van der Waals surface area contributed by atoms with Crippen LogP contribution in [-0.2, 0) is 10.2 Å². The Bertz CT molecular complexity index is 493. The van der Waals surface area contributed by atoms with E-state index in [0.29, 0.717) is 17.6 Å². The first kappa shape index (κ1) is 17.4. The molecule has 3 heteroatoms. The number of amides is 1. The number of hydrogen-bond acceptors (Lipinski definition) is 2. The standard InChI is InChI=1S/C19H29NOS/c1-14-10-15(2)12-20(11-14)18(21)13-22-17-8-6-16(7-9-17)19(3,4)5/h6-9,14-15H,10-13H2,1-5H3. The van der Waals surface area contributed by atoms with Gasteiger partial charge in [0.15, 0.2) is 0 Å². The molecule has 22 heavy (non-hydrogen) atoms. The van der Waals surface area contributed by atoms with Crippen molar-refractivity contribution in [1.29, 1.82) is 0 Å². The van der Waals surface area contributed by atoms with Crippen molar-refractivity contribution in [3.63, 3.8) is 0 Å². The van der Waals surface area contributed by atoms with Crippen LogP contribution >= 0.6 is 11.8 Å². The van der Waals surface area contributed by atoms with Crippen LogP contribution < -0.4 is 0 Å². The summed E-state index contributed by atoms with van der Waals surface area (Å²) >= 11 is 1.65. The summed E-state index contributed by atoms with van der Waals surface area (Å²) < 4.78 is 0. The van der Waals surface area contributed by atoms with Gasteiger partial charge in [0, 0.05) is 18.0 Å². The first-order valence-corrected chi connectivity index (χ1v) is 9.25. The van der Waals surface area contributed by atoms with E-state index >= 15 is 0 Å². The highest BCUT2D eigenvalue weighted by atomic mass is 32.2. The molecule has 0 radical (unpaired) electrons. The Morgan fingerprint density at radius 1 is 1.14 bits per heavy atom. The minimum Gasteiger partial charge on any atom is -0.341 e. The fourth-order valence-electron chi connectivity index (χ4n) is 3.15. The Balaban J connectivity index is 1.88. The fraction of sp³-hybridized carbons (Fsp3) is 0.632. The van der Waals surface area contributed by atoms with Gasteiger partial charge < -0.3 is 4.90 Å². The summed E-state index contributed by atoms with van der Waals surface area (Å²) in [5, 5.41) is 0. The van der Waals surface area contributed by atoms with E-state index < -0.39 is 0 Å². The molecule has 1 heterocycles. The average Bonchev–Trinajstić information content (AvgIpc) is 2.43. The lowest BCUT2D eigenvalue weighted by Crippen LogP contribution is -2.43. The van der Waals surface area contributed by atoms with Crippen LogP contribution in [0.15, 0.2) is 29.2 Å². The fourth-order valence-corrected chi connectivity index (χ4v) is 3.96. The number of carbonyl (C=O) groups is 1. The Morgan fingerprint density at radius 3 is 2.18 bits per heavy atom. The van der Waals surface area contributed by atoms with Crippen molar-refractivity contribution < 1.29 is 4.79 Å². The third-order valence-electron chi connectivity index (χ3n) is 4.30. The first-order chi connectivity index (χ1) is 10.3. The number of likely N-dealkylation sites (tertiary alicyclic amines) is 1. The maximum atomic E-state index is 12.4. The van der Waals surface area contributed by atoms with Gasteiger partial charge in [-0.2, -0.15) is 0 Å². The van der Waals surface area contributed by atoms with E-state index in [0.717, 1.165) is 13.1 Å². The van der Waals surface area contributed by atoms with Gasteiger partial charge in [-0.1, -0.05) is 46.8 Å². The zero-order chi connectivity index (χ0) is 16.3. The second-order valence-corrected chi connectivity index (χ2v) is 8.86. The number of rotatable bonds is 3. The summed E-state index contributed by atoms with van der Waals surface area (Å²) in [4.78, 5) is 15.6. The monoisotopic (exact) mass is 319 g/mol. The molecule has 0 spiro atoms. The molecule has 0 aliphatic carbocycles. The van der Waals surface area contributed by atoms with Crippen LogP contribution in [0.3, 0.4) is 0 Å². The summed E-state index contributed by atoms with van der Waals surface area (Å²) in [5.41, 5.74) is 1.51. The highest BCUT2D eigenvalue weighted by molar-refractivity contribution is 8.00. The molecule has 0 saturated carbocycles. The summed E-state index contributed by atoms with van der Waals surface area (Å²) in [6.07, 6.45) is 1.24. The highest BCUT2D eigenvalue weighted by Gasteiger charge is 2.25. The number of benzene rings is 1. The van der Waals surface area contributed by atoms with Gasteiger partial charge in [-0.05, 0) is 41.4 Å². The van der Waals surface area contributed by atoms with Crippen LogP contribution in [0.1, 0.15) is 46.6 Å². The highest BCUT2D eigenvalue weighted by Crippen LogP contribution is 2.27. The van der Waals surface area contributed by atoms with Gasteiger partial charge >= 0.3 is 0 Å². The zero-order valence-corrected chi connectivity index (χ0v) is 15.4. The first-order valence-electron chi connectivity index (χ1n) is 8.27. The van der Waals surface area contributed by atoms with Gasteiger partial charge in [0.1, 0.15) is 0 Å². The van der Waals surface area contributed by atoms with Crippen molar-refractivity contribution in [3.05, 3.63) is 29.8 Å². The number of thioether (sulfide) groups is 1. The van der Waals surface area contributed by atoms with Gasteiger partial charge in [-0.3, -0.25) is 4.79 Å². The van der Waals surface area contributed by atoms with Crippen LogP contribution in [0, 0.1) is 11.8 Å². The van der Waals surface area contributed by atoms with Crippen molar-refractivity contribution in [1.82, 2.24) is 4.90 Å². The second kappa shape index (κ2) is 7.08. The minimum atomic E-state index is 0.180. The predicted octanol–water partition coefficient (Wildman–Crippen LogP) is 4.58. The molecule has 2 unspecified atom stereocenters. The minimum absolute atomic E-state index is 0.180. The molecule has 1 aliphatic heterocycles. The molecular formula is C19H29NOS. The van der Waals surface area contributed by atoms with Gasteiger partial charge in [0.05, 0.1) is 5.75 Å². The van der Waals surface area contributed by atoms with Crippen molar-refractivity contribution in [2.45, 2.75) is 51.3 Å². The Labute approximate surface area is 139 Å². The third kappa shape index (κ3) is 4.77. The molecule has 2 atom stereocenters. The number of carbonyl (C=O) groups excluding carboxylic acids is 1. The van der Waals surface area contributed by atoms with Gasteiger partial charge in [0.2, 0.25) is 5.91 Å². The normalized spacial score (nSPS) is 22.7. The molecular weight excluding hydrogens is 290 g/mol. The van der Waals surface area contributed by atoms with E-state index in [1.54, 1.807) is 11.8 Å². The maximum absolute atomic E-state index is 12.4. The van der Waals surface area contributed by atoms with E-state index in [9.17, 15) is 4.79 Å². The second-order valence-electron chi connectivity index (χ2n) is 7.81. The van der Waals surface area contributed by atoms with Crippen LogP contribution in [0.5, 0.6) is 0 Å². The molecule has 0 aromatic heterocycles. The number of piperidine rings is 1. The molecule has 2 nitrogen and oxygen atoms in total. The molecule has 2 rings (SSSR count). The maximum Gasteiger partial charge on any atom is 0.232 e. The smallest absolute Gasteiger partial charge is 0.232 e. The lowest BCUT2D eigenvalue weighted by Gasteiger charge is -2.35. The Kier molecular flexibility index (Phi) is 5.60. The SMILES string of the molecule is CC1CC(C)CN(C(=O)CSc2ccc(C(C)(C)C)cc2)C1. The van der Waals surface area contributed by atoms with E-state index in [1.165, 1.54) is 16.9 Å². The van der Waals surface area contributed by atoms with Gasteiger partial charge in [0.25, 0.3) is 0 Å².